The molecule has 1 atom stereocenters. The molecule has 4 aliphatic rings. The maximum atomic E-state index is 13.2. The molecule has 20 heteroatoms. The zero-order chi connectivity index (χ0) is 45.1. The molecule has 64 heavy (non-hydrogen) atoms. The van der Waals surface area contributed by atoms with Gasteiger partial charge in [0.05, 0.1) is 50.3 Å². The first-order chi connectivity index (χ1) is 30.8. The van der Waals surface area contributed by atoms with E-state index < -0.39 is 22.0 Å². The van der Waals surface area contributed by atoms with Gasteiger partial charge in [-0.3, -0.25) is 33.8 Å². The van der Waals surface area contributed by atoms with Crippen molar-refractivity contribution in [1.82, 2.24) is 30.0 Å². The lowest BCUT2D eigenvalue weighted by Gasteiger charge is -2.43. The summed E-state index contributed by atoms with van der Waals surface area (Å²) in [6.07, 6.45) is 5.21. The molecule has 5 heterocycles. The lowest BCUT2D eigenvalue weighted by atomic mass is 10.0. The number of ether oxygens (including phenoxy) is 3. The van der Waals surface area contributed by atoms with E-state index >= 15 is 0 Å². The number of anilines is 6. The number of amides is 3. The molecule has 3 amide bonds. The summed E-state index contributed by atoms with van der Waals surface area (Å²) in [4.78, 5) is 55.3. The SMILES string of the molecule is COc1ccc(Nc2nc(Nc3ccc(N4CCC(N5CCN(CCOc6cccc7c6CN(C6CCC(=O)NC6=O)C7=O)CC5)CC4)cc3OC)ncc2Cl)c(N(C)S(C)(=O)=O)c1. The largest absolute Gasteiger partial charge is 0.497 e. The molecule has 340 valence electrons. The summed E-state index contributed by atoms with van der Waals surface area (Å²) in [5, 5.41) is 8.99. The number of methoxy groups -OCH3 is 2. The van der Waals surface area contributed by atoms with Crippen LogP contribution >= 0.6 is 11.6 Å². The van der Waals surface area contributed by atoms with E-state index in [9.17, 15) is 22.8 Å². The van der Waals surface area contributed by atoms with E-state index in [0.717, 1.165) is 80.5 Å². The van der Waals surface area contributed by atoms with Crippen LogP contribution in [0.25, 0.3) is 0 Å². The summed E-state index contributed by atoms with van der Waals surface area (Å²) in [5.41, 5.74) is 3.87. The van der Waals surface area contributed by atoms with Crippen molar-refractivity contribution in [1.29, 1.82) is 0 Å². The van der Waals surface area contributed by atoms with Gasteiger partial charge in [0, 0.05) is 94.3 Å². The van der Waals surface area contributed by atoms with Crippen molar-refractivity contribution in [3.05, 3.63) is 76.9 Å². The van der Waals surface area contributed by atoms with E-state index in [4.69, 9.17) is 25.8 Å². The van der Waals surface area contributed by atoms with Crippen molar-refractivity contribution in [2.75, 3.05) is 99.8 Å². The fourth-order valence-electron chi connectivity index (χ4n) is 8.74. The van der Waals surface area contributed by atoms with Crippen LogP contribution in [0.15, 0.2) is 60.8 Å². The molecule has 8 rings (SSSR count). The van der Waals surface area contributed by atoms with Crippen molar-refractivity contribution in [2.24, 2.45) is 0 Å². The molecule has 4 aromatic rings. The van der Waals surface area contributed by atoms with Crippen molar-refractivity contribution in [2.45, 2.75) is 44.3 Å². The molecule has 1 unspecified atom stereocenters. The van der Waals surface area contributed by atoms with E-state index in [0.29, 0.717) is 58.9 Å². The van der Waals surface area contributed by atoms with Crippen molar-refractivity contribution in [3.8, 4) is 17.2 Å². The van der Waals surface area contributed by atoms with Gasteiger partial charge in [-0.1, -0.05) is 17.7 Å². The Balaban J connectivity index is 0.810. The smallest absolute Gasteiger partial charge is 0.255 e. The number of fused-ring (bicyclic) bond motifs is 1. The lowest BCUT2D eigenvalue weighted by molar-refractivity contribution is -0.136. The van der Waals surface area contributed by atoms with E-state index in [2.05, 4.69) is 46.7 Å². The summed E-state index contributed by atoms with van der Waals surface area (Å²) in [6.45, 7) is 7.23. The number of carbonyl (C=O) groups is 3. The summed E-state index contributed by atoms with van der Waals surface area (Å²) in [6, 6.07) is 16.3. The maximum absolute atomic E-state index is 13.2. The molecule has 3 N–H and O–H groups in total. The van der Waals surface area contributed by atoms with E-state index in [1.807, 2.05) is 24.3 Å². The van der Waals surface area contributed by atoms with Gasteiger partial charge in [0.15, 0.2) is 5.82 Å². The Morgan fingerprint density at radius 2 is 1.67 bits per heavy atom. The highest BCUT2D eigenvalue weighted by Crippen LogP contribution is 2.37. The van der Waals surface area contributed by atoms with Crippen LogP contribution in [0.3, 0.4) is 0 Å². The number of nitrogens with one attached hydrogen (secondary N) is 3. The van der Waals surface area contributed by atoms with Gasteiger partial charge in [-0.25, -0.2) is 13.4 Å². The maximum Gasteiger partial charge on any atom is 0.255 e. The predicted octanol–water partition coefficient (Wildman–Crippen LogP) is 4.46. The van der Waals surface area contributed by atoms with Crippen LogP contribution in [0.1, 0.15) is 41.6 Å². The second-order valence-electron chi connectivity index (χ2n) is 16.3. The highest BCUT2D eigenvalue weighted by molar-refractivity contribution is 7.92. The van der Waals surface area contributed by atoms with Gasteiger partial charge in [-0.2, -0.15) is 4.98 Å². The number of carbonyl (C=O) groups excluding carboxylic acids is 3. The van der Waals surface area contributed by atoms with Gasteiger partial charge in [-0.15, -0.1) is 0 Å². The quantitative estimate of drug-likeness (QED) is 0.142. The number of halogens is 1. The third-order valence-electron chi connectivity index (χ3n) is 12.4. The Kier molecular flexibility index (Phi) is 13.3. The molecule has 1 aromatic heterocycles. The van der Waals surface area contributed by atoms with Gasteiger partial charge < -0.3 is 34.6 Å². The first kappa shape index (κ1) is 44.7. The van der Waals surface area contributed by atoms with Gasteiger partial charge >= 0.3 is 0 Å². The summed E-state index contributed by atoms with van der Waals surface area (Å²) >= 11 is 6.51. The van der Waals surface area contributed by atoms with Gasteiger partial charge in [-0.05, 0) is 55.7 Å². The number of hydrogen-bond acceptors (Lipinski definition) is 15. The number of aromatic nitrogens is 2. The number of hydrogen-bond donors (Lipinski definition) is 3. The topological polar surface area (TPSA) is 191 Å². The number of nitrogens with zero attached hydrogens (tertiary/aromatic N) is 7. The summed E-state index contributed by atoms with van der Waals surface area (Å²) in [7, 11) is 1.000. The minimum atomic E-state index is -3.59. The molecule has 3 saturated heterocycles. The lowest BCUT2D eigenvalue weighted by Crippen LogP contribution is -2.53. The first-order valence-corrected chi connectivity index (χ1v) is 23.5. The molecular weight excluding hydrogens is 864 g/mol. The third kappa shape index (κ3) is 9.76. The Bertz CT molecular complexity index is 2520. The van der Waals surface area contributed by atoms with Gasteiger partial charge in [0.1, 0.15) is 34.9 Å². The highest BCUT2D eigenvalue weighted by atomic mass is 35.5. The second-order valence-corrected chi connectivity index (χ2v) is 18.7. The van der Waals surface area contributed by atoms with Crippen LogP contribution < -0.4 is 39.4 Å². The monoisotopic (exact) mass is 916 g/mol. The molecule has 0 aliphatic carbocycles. The van der Waals surface area contributed by atoms with Crippen LogP contribution in [-0.4, -0.2) is 143 Å². The van der Waals surface area contributed by atoms with Crippen LogP contribution in [-0.2, 0) is 26.2 Å². The zero-order valence-electron chi connectivity index (χ0n) is 36.3. The number of rotatable bonds is 15. The molecule has 3 aromatic carbocycles. The number of piperazine rings is 1. The molecule has 0 saturated carbocycles. The molecule has 4 aliphatic heterocycles. The van der Waals surface area contributed by atoms with Crippen molar-refractivity contribution in [3.63, 3.8) is 0 Å². The number of imide groups is 1. The minimum Gasteiger partial charge on any atom is -0.497 e. The second kappa shape index (κ2) is 19.1. The molecule has 0 radical (unpaired) electrons. The normalized spacial score (nSPS) is 18.7. The van der Waals surface area contributed by atoms with E-state index in [1.165, 1.54) is 20.4 Å². The van der Waals surface area contributed by atoms with Crippen LogP contribution in [0.5, 0.6) is 17.2 Å². The third-order valence-corrected chi connectivity index (χ3v) is 13.9. The molecule has 0 spiro atoms. The van der Waals surface area contributed by atoms with Gasteiger partial charge in [0.25, 0.3) is 5.91 Å². The van der Waals surface area contributed by atoms with Crippen LogP contribution in [0, 0.1) is 0 Å². The van der Waals surface area contributed by atoms with Crippen molar-refractivity contribution < 1.29 is 37.0 Å². The summed E-state index contributed by atoms with van der Waals surface area (Å²) < 4.78 is 43.4. The van der Waals surface area contributed by atoms with E-state index in [1.54, 1.807) is 36.3 Å². The fourth-order valence-corrected chi connectivity index (χ4v) is 9.39. The molecule has 3 fully saturated rings. The zero-order valence-corrected chi connectivity index (χ0v) is 37.9. The standard InChI is InChI=1S/C44H53ClN10O8S/c1-51(64(4,59)60)37-25-30(61-2)9-11-34(37)47-41-33(45)26-46-44(50-41)48-35-10-8-29(24-39(35)62-3)53-16-14-28(15-17-53)54-20-18-52(19-21-54)22-23-63-38-7-5-6-31-32(38)27-55(43(31)58)36-12-13-40(56)49-42(36)57/h5-11,24-26,28,36H,12-23,27H2,1-4H3,(H,49,56,57)(H2,46,47,48,50). The Morgan fingerprint density at radius 3 is 2.39 bits per heavy atom. The number of sulfonamides is 1. The molecule has 18 nitrogen and oxygen atoms in total. The average Bonchev–Trinajstić information content (AvgIpc) is 3.63. The first-order valence-electron chi connectivity index (χ1n) is 21.3. The minimum absolute atomic E-state index is 0.205. The van der Waals surface area contributed by atoms with Gasteiger partial charge in [0.2, 0.25) is 27.8 Å². The number of benzene rings is 3. The van der Waals surface area contributed by atoms with Crippen LogP contribution in [0.4, 0.5) is 34.5 Å². The average molecular weight is 917 g/mol. The van der Waals surface area contributed by atoms with Crippen LogP contribution in [0.2, 0.25) is 5.02 Å². The highest BCUT2D eigenvalue weighted by Gasteiger charge is 2.40. The molecule has 0 bridgehead atoms. The Hall–Kier alpha value is -5.89. The Morgan fingerprint density at radius 1 is 0.906 bits per heavy atom. The van der Waals surface area contributed by atoms with E-state index in [-0.39, 0.29) is 41.6 Å². The molecular formula is C44H53ClN10O8S. The van der Waals surface area contributed by atoms with Crippen molar-refractivity contribution >= 4 is 73.9 Å². The summed E-state index contributed by atoms with van der Waals surface area (Å²) in [5.74, 6) is 1.37. The predicted molar refractivity (Wildman–Crippen MR) is 244 cm³/mol. The Labute approximate surface area is 377 Å². The fraction of sp³-hybridized carbons (Fsp3) is 0.432. The number of piperidine rings is 2.